The van der Waals surface area contributed by atoms with Gasteiger partial charge in [0.1, 0.15) is 0 Å². The van der Waals surface area contributed by atoms with Crippen LogP contribution in [0.15, 0.2) is 0 Å². The van der Waals surface area contributed by atoms with Gasteiger partial charge in [-0.3, -0.25) is 4.90 Å². The van der Waals surface area contributed by atoms with Gasteiger partial charge < -0.3 is 5.32 Å². The van der Waals surface area contributed by atoms with E-state index in [0.29, 0.717) is 6.17 Å². The Bertz CT molecular complexity index is 73.0. The summed E-state index contributed by atoms with van der Waals surface area (Å²) in [5.74, 6) is 0. The number of rotatable bonds is 2. The first-order valence-electron chi connectivity index (χ1n) is 3.79. The summed E-state index contributed by atoms with van der Waals surface area (Å²) in [6.07, 6.45) is 3.35. The Hall–Kier alpha value is -0.0800. The van der Waals surface area contributed by atoms with Gasteiger partial charge in [0.25, 0.3) is 0 Å². The predicted molar refractivity (Wildman–Crippen MR) is 39.3 cm³/mol. The lowest BCUT2D eigenvalue weighted by molar-refractivity contribution is 0.240. The number of likely N-dealkylation sites (tertiary alicyclic amines) is 1. The first-order valence-corrected chi connectivity index (χ1v) is 3.79. The van der Waals surface area contributed by atoms with Crippen molar-refractivity contribution in [3.05, 3.63) is 0 Å². The van der Waals surface area contributed by atoms with Gasteiger partial charge in [-0.2, -0.15) is 0 Å². The summed E-state index contributed by atoms with van der Waals surface area (Å²) in [6.45, 7) is 4.68. The second-order valence-electron chi connectivity index (χ2n) is 2.58. The summed E-state index contributed by atoms with van der Waals surface area (Å²) < 4.78 is 0. The minimum atomic E-state index is 0.662. The first-order chi connectivity index (χ1) is 4.38. The Morgan fingerprint density at radius 3 is 2.89 bits per heavy atom. The smallest absolute Gasteiger partial charge is 0.0594 e. The third kappa shape index (κ3) is 1.43. The van der Waals surface area contributed by atoms with Crippen molar-refractivity contribution in [2.75, 3.05) is 20.1 Å². The van der Waals surface area contributed by atoms with Gasteiger partial charge in [-0.1, -0.05) is 6.92 Å². The average Bonchev–Trinajstić information content (AvgIpc) is 2.33. The van der Waals surface area contributed by atoms with E-state index in [9.17, 15) is 0 Å². The molecule has 0 aliphatic carbocycles. The Balaban J connectivity index is 2.32. The summed E-state index contributed by atoms with van der Waals surface area (Å²) in [7, 11) is 2.04. The molecule has 2 nitrogen and oxygen atoms in total. The lowest BCUT2D eigenvalue weighted by atomic mass is 10.3. The van der Waals surface area contributed by atoms with Crippen LogP contribution in [0.1, 0.15) is 19.8 Å². The van der Waals surface area contributed by atoms with Crippen LogP contribution in [0, 0.1) is 0 Å². The topological polar surface area (TPSA) is 15.3 Å². The molecule has 54 valence electrons. The normalized spacial score (nSPS) is 29.3. The number of hydrogen-bond donors (Lipinski definition) is 1. The molecule has 1 N–H and O–H groups in total. The molecular weight excluding hydrogens is 112 g/mol. The SMILES string of the molecule is CCN1CCC[C@@H]1NC. The van der Waals surface area contributed by atoms with Crippen molar-refractivity contribution in [1.82, 2.24) is 10.2 Å². The molecule has 1 aliphatic rings. The molecular formula is C7H16N2. The Labute approximate surface area is 57.2 Å². The Kier molecular flexibility index (Phi) is 2.49. The fourth-order valence-corrected chi connectivity index (χ4v) is 1.53. The third-order valence-electron chi connectivity index (χ3n) is 2.10. The molecule has 1 aliphatic heterocycles. The van der Waals surface area contributed by atoms with Crippen molar-refractivity contribution in [1.29, 1.82) is 0 Å². The molecule has 0 unspecified atom stereocenters. The van der Waals surface area contributed by atoms with Crippen LogP contribution in [0.3, 0.4) is 0 Å². The monoisotopic (exact) mass is 128 g/mol. The second kappa shape index (κ2) is 3.18. The van der Waals surface area contributed by atoms with E-state index in [1.54, 1.807) is 0 Å². The van der Waals surface area contributed by atoms with E-state index in [0.717, 1.165) is 0 Å². The van der Waals surface area contributed by atoms with Crippen molar-refractivity contribution < 1.29 is 0 Å². The minimum absolute atomic E-state index is 0.662. The van der Waals surface area contributed by atoms with Gasteiger partial charge in [0.2, 0.25) is 0 Å². The molecule has 0 saturated carbocycles. The summed E-state index contributed by atoms with van der Waals surface area (Å²) in [5.41, 5.74) is 0. The van der Waals surface area contributed by atoms with E-state index in [-0.39, 0.29) is 0 Å². The van der Waals surface area contributed by atoms with Gasteiger partial charge in [-0.15, -0.1) is 0 Å². The van der Waals surface area contributed by atoms with Crippen LogP contribution in [0.5, 0.6) is 0 Å². The van der Waals surface area contributed by atoms with Gasteiger partial charge in [-0.25, -0.2) is 0 Å². The zero-order valence-electron chi connectivity index (χ0n) is 6.35. The van der Waals surface area contributed by atoms with Crippen LogP contribution < -0.4 is 5.32 Å². The van der Waals surface area contributed by atoms with E-state index < -0.39 is 0 Å². The maximum absolute atomic E-state index is 3.29. The number of nitrogens with zero attached hydrogens (tertiary/aromatic N) is 1. The van der Waals surface area contributed by atoms with Crippen LogP contribution in [0.2, 0.25) is 0 Å². The van der Waals surface area contributed by atoms with Gasteiger partial charge in [-0.05, 0) is 33.0 Å². The molecule has 0 bridgehead atoms. The minimum Gasteiger partial charge on any atom is -0.305 e. The van der Waals surface area contributed by atoms with Gasteiger partial charge in [0.05, 0.1) is 6.17 Å². The molecule has 0 spiro atoms. The van der Waals surface area contributed by atoms with Crippen LogP contribution in [0.25, 0.3) is 0 Å². The van der Waals surface area contributed by atoms with Gasteiger partial charge >= 0.3 is 0 Å². The van der Waals surface area contributed by atoms with E-state index in [1.165, 1.54) is 25.9 Å². The second-order valence-corrected chi connectivity index (χ2v) is 2.58. The predicted octanol–water partition coefficient (Wildman–Crippen LogP) is 0.648. The summed E-state index contributed by atoms with van der Waals surface area (Å²) in [6, 6.07) is 0. The highest BCUT2D eigenvalue weighted by atomic mass is 15.3. The zero-order chi connectivity index (χ0) is 6.69. The molecule has 0 amide bonds. The van der Waals surface area contributed by atoms with Crippen LogP contribution in [-0.2, 0) is 0 Å². The number of nitrogens with one attached hydrogen (secondary N) is 1. The Morgan fingerprint density at radius 1 is 1.67 bits per heavy atom. The molecule has 9 heavy (non-hydrogen) atoms. The van der Waals surface area contributed by atoms with Gasteiger partial charge in [0.15, 0.2) is 0 Å². The number of hydrogen-bond acceptors (Lipinski definition) is 2. The van der Waals surface area contributed by atoms with Crippen LogP contribution in [-0.4, -0.2) is 31.2 Å². The van der Waals surface area contributed by atoms with Gasteiger partial charge in [0, 0.05) is 0 Å². The molecule has 0 radical (unpaired) electrons. The van der Waals surface area contributed by atoms with Crippen molar-refractivity contribution >= 4 is 0 Å². The molecule has 1 heterocycles. The fourth-order valence-electron chi connectivity index (χ4n) is 1.53. The van der Waals surface area contributed by atoms with Crippen molar-refractivity contribution in [3.63, 3.8) is 0 Å². The standard InChI is InChI=1S/C7H16N2/c1-3-9-6-4-5-7(9)8-2/h7-8H,3-6H2,1-2H3/t7-/m1/s1. The summed E-state index contributed by atoms with van der Waals surface area (Å²) >= 11 is 0. The lowest BCUT2D eigenvalue weighted by Gasteiger charge is -2.21. The quantitative estimate of drug-likeness (QED) is 0.587. The molecule has 1 rings (SSSR count). The molecule has 2 heteroatoms. The lowest BCUT2D eigenvalue weighted by Crippen LogP contribution is -2.38. The molecule has 1 saturated heterocycles. The first kappa shape index (κ1) is 7.03. The molecule has 0 aromatic carbocycles. The highest BCUT2D eigenvalue weighted by molar-refractivity contribution is 4.74. The fraction of sp³-hybridized carbons (Fsp3) is 1.00. The van der Waals surface area contributed by atoms with E-state index in [1.807, 2.05) is 7.05 Å². The maximum atomic E-state index is 3.29. The third-order valence-corrected chi connectivity index (χ3v) is 2.10. The maximum Gasteiger partial charge on any atom is 0.0594 e. The van der Waals surface area contributed by atoms with Crippen molar-refractivity contribution in [3.8, 4) is 0 Å². The van der Waals surface area contributed by atoms with Crippen molar-refractivity contribution in [2.45, 2.75) is 25.9 Å². The zero-order valence-corrected chi connectivity index (χ0v) is 6.35. The van der Waals surface area contributed by atoms with Crippen LogP contribution >= 0.6 is 0 Å². The average molecular weight is 128 g/mol. The summed E-state index contributed by atoms with van der Waals surface area (Å²) in [5, 5.41) is 3.29. The molecule has 1 fully saturated rings. The van der Waals surface area contributed by atoms with Crippen LogP contribution in [0.4, 0.5) is 0 Å². The van der Waals surface area contributed by atoms with E-state index >= 15 is 0 Å². The highest BCUT2D eigenvalue weighted by Crippen LogP contribution is 2.12. The largest absolute Gasteiger partial charge is 0.305 e. The summed E-state index contributed by atoms with van der Waals surface area (Å²) in [4.78, 5) is 2.47. The van der Waals surface area contributed by atoms with E-state index in [2.05, 4.69) is 17.1 Å². The van der Waals surface area contributed by atoms with E-state index in [4.69, 9.17) is 0 Å². The Morgan fingerprint density at radius 2 is 2.44 bits per heavy atom. The van der Waals surface area contributed by atoms with Crippen molar-refractivity contribution in [2.24, 2.45) is 0 Å². The molecule has 1 atom stereocenters. The molecule has 0 aromatic rings. The molecule has 0 aromatic heterocycles. The highest BCUT2D eigenvalue weighted by Gasteiger charge is 2.19.